The van der Waals surface area contributed by atoms with E-state index in [1.807, 2.05) is 16.8 Å². The number of urea groups is 1. The van der Waals surface area contributed by atoms with E-state index >= 15 is 0 Å². The van der Waals surface area contributed by atoms with Crippen LogP contribution in [0.5, 0.6) is 0 Å². The Balaban J connectivity index is 2.30. The van der Waals surface area contributed by atoms with E-state index in [-0.39, 0.29) is 0 Å². The van der Waals surface area contributed by atoms with E-state index in [0.29, 0.717) is 13.0 Å². The minimum absolute atomic E-state index is 0.411. The number of hydrogen-bond acceptors (Lipinski definition) is 4. The minimum atomic E-state index is -1.30. The third-order valence-corrected chi connectivity index (χ3v) is 3.05. The van der Waals surface area contributed by atoms with E-state index in [1.54, 1.807) is 11.3 Å². The summed E-state index contributed by atoms with van der Waals surface area (Å²) in [6, 6.07) is 0.0600. The van der Waals surface area contributed by atoms with Gasteiger partial charge in [0.25, 0.3) is 0 Å². The summed E-state index contributed by atoms with van der Waals surface area (Å²) in [4.78, 5) is 22.1. The lowest BCUT2D eigenvalue weighted by Crippen LogP contribution is -2.51. The molecule has 2 atom stereocenters. The van der Waals surface area contributed by atoms with Crippen LogP contribution in [0.2, 0.25) is 0 Å². The van der Waals surface area contributed by atoms with Gasteiger partial charge in [-0.1, -0.05) is 0 Å². The Kier molecular flexibility index (Phi) is 5.60. The van der Waals surface area contributed by atoms with Gasteiger partial charge in [-0.15, -0.1) is 0 Å². The average molecular weight is 272 g/mol. The number of aliphatic hydroxyl groups is 1. The second-order valence-electron chi connectivity index (χ2n) is 3.84. The molecule has 0 aromatic carbocycles. The predicted molar refractivity (Wildman–Crippen MR) is 67.7 cm³/mol. The van der Waals surface area contributed by atoms with Gasteiger partial charge in [-0.2, -0.15) is 11.3 Å². The molecule has 0 spiro atoms. The maximum atomic E-state index is 11.4. The Morgan fingerprint density at radius 1 is 1.50 bits per heavy atom. The molecule has 0 aliphatic carbocycles. The number of rotatable bonds is 6. The summed E-state index contributed by atoms with van der Waals surface area (Å²) >= 11 is 1.58. The van der Waals surface area contributed by atoms with Crippen molar-refractivity contribution in [1.82, 2.24) is 10.6 Å². The van der Waals surface area contributed by atoms with E-state index in [9.17, 15) is 14.7 Å². The van der Waals surface area contributed by atoms with Crippen molar-refractivity contribution in [3.63, 3.8) is 0 Å². The Bertz CT molecular complexity index is 392. The van der Waals surface area contributed by atoms with Crippen LogP contribution < -0.4 is 10.6 Å². The van der Waals surface area contributed by atoms with Gasteiger partial charge in [0.2, 0.25) is 0 Å². The molecule has 0 saturated carbocycles. The first-order chi connectivity index (χ1) is 8.50. The molecule has 4 N–H and O–H groups in total. The number of carboxylic acids is 1. The van der Waals surface area contributed by atoms with Gasteiger partial charge < -0.3 is 20.8 Å². The second kappa shape index (κ2) is 6.97. The van der Waals surface area contributed by atoms with Crippen LogP contribution >= 0.6 is 11.3 Å². The van der Waals surface area contributed by atoms with Crippen molar-refractivity contribution in [2.75, 3.05) is 6.54 Å². The molecule has 1 aromatic rings. The van der Waals surface area contributed by atoms with Crippen LogP contribution in [-0.4, -0.2) is 40.9 Å². The molecule has 1 rings (SSSR count). The van der Waals surface area contributed by atoms with Crippen LogP contribution in [0, 0.1) is 0 Å². The highest BCUT2D eigenvalue weighted by atomic mass is 32.1. The number of hydrogen-bond donors (Lipinski definition) is 4. The number of carbonyl (C=O) groups excluding carboxylic acids is 1. The number of carboxylic acid groups (broad SMARTS) is 1. The summed E-state index contributed by atoms with van der Waals surface area (Å²) in [5, 5.41) is 26.6. The zero-order valence-electron chi connectivity index (χ0n) is 9.92. The van der Waals surface area contributed by atoms with Gasteiger partial charge >= 0.3 is 12.0 Å². The molecule has 1 heterocycles. The van der Waals surface area contributed by atoms with Gasteiger partial charge in [0.05, 0.1) is 6.10 Å². The standard InChI is InChI=1S/C11H16N2O4S/c1-7(14)9(10(15)16)13-11(17)12-4-2-8-3-5-18-6-8/h3,5-7,9,14H,2,4H2,1H3,(H,15,16)(H2,12,13,17). The summed E-state index contributed by atoms with van der Waals surface area (Å²) < 4.78 is 0. The lowest BCUT2D eigenvalue weighted by atomic mass is 10.2. The van der Waals surface area contributed by atoms with Crippen LogP contribution in [0.3, 0.4) is 0 Å². The Labute approximate surface area is 109 Å². The lowest BCUT2D eigenvalue weighted by molar-refractivity contribution is -0.141. The van der Waals surface area contributed by atoms with Crippen LogP contribution in [0.1, 0.15) is 12.5 Å². The molecule has 6 nitrogen and oxygen atoms in total. The molecule has 0 fully saturated rings. The normalized spacial score (nSPS) is 13.7. The highest BCUT2D eigenvalue weighted by molar-refractivity contribution is 7.07. The Hall–Kier alpha value is -1.60. The molecule has 2 unspecified atom stereocenters. The third-order valence-electron chi connectivity index (χ3n) is 2.31. The van der Waals surface area contributed by atoms with Gasteiger partial charge in [0, 0.05) is 6.54 Å². The van der Waals surface area contributed by atoms with E-state index < -0.39 is 24.1 Å². The molecular weight excluding hydrogens is 256 g/mol. The summed E-state index contributed by atoms with van der Waals surface area (Å²) in [6.07, 6.45) is -0.464. The first kappa shape index (κ1) is 14.5. The van der Waals surface area contributed by atoms with Crippen molar-refractivity contribution < 1.29 is 19.8 Å². The van der Waals surface area contributed by atoms with Crippen molar-refractivity contribution in [3.05, 3.63) is 22.4 Å². The fourth-order valence-electron chi connectivity index (χ4n) is 1.34. The van der Waals surface area contributed by atoms with Crippen molar-refractivity contribution in [2.24, 2.45) is 0 Å². The monoisotopic (exact) mass is 272 g/mol. The van der Waals surface area contributed by atoms with Gasteiger partial charge in [0.15, 0.2) is 6.04 Å². The molecule has 0 bridgehead atoms. The predicted octanol–water partition coefficient (Wildman–Crippen LogP) is 0.424. The second-order valence-corrected chi connectivity index (χ2v) is 4.62. The van der Waals surface area contributed by atoms with E-state index in [1.165, 1.54) is 6.92 Å². The molecule has 7 heteroatoms. The Morgan fingerprint density at radius 3 is 2.72 bits per heavy atom. The fraction of sp³-hybridized carbons (Fsp3) is 0.455. The summed E-state index contributed by atoms with van der Waals surface area (Å²) in [5.74, 6) is -1.27. The van der Waals surface area contributed by atoms with E-state index in [0.717, 1.165) is 5.56 Å². The number of thiophene rings is 1. The van der Waals surface area contributed by atoms with Crippen molar-refractivity contribution in [2.45, 2.75) is 25.5 Å². The third kappa shape index (κ3) is 4.72. The molecule has 18 heavy (non-hydrogen) atoms. The summed E-state index contributed by atoms with van der Waals surface area (Å²) in [5.41, 5.74) is 1.12. The molecule has 0 radical (unpaired) electrons. The Morgan fingerprint density at radius 2 is 2.22 bits per heavy atom. The first-order valence-corrected chi connectivity index (χ1v) is 6.41. The number of nitrogens with one attached hydrogen (secondary N) is 2. The number of aliphatic carboxylic acids is 1. The van der Waals surface area contributed by atoms with E-state index in [4.69, 9.17) is 5.11 Å². The quantitative estimate of drug-likeness (QED) is 0.603. The van der Waals surface area contributed by atoms with Crippen molar-refractivity contribution in [1.29, 1.82) is 0 Å². The molecular formula is C11H16N2O4S. The highest BCUT2D eigenvalue weighted by Crippen LogP contribution is 2.05. The molecule has 2 amide bonds. The highest BCUT2D eigenvalue weighted by Gasteiger charge is 2.24. The maximum Gasteiger partial charge on any atom is 0.328 e. The smallest absolute Gasteiger partial charge is 0.328 e. The molecule has 0 saturated heterocycles. The van der Waals surface area contributed by atoms with Gasteiger partial charge in [-0.05, 0) is 35.7 Å². The fourth-order valence-corrected chi connectivity index (χ4v) is 2.04. The maximum absolute atomic E-state index is 11.4. The topological polar surface area (TPSA) is 98.7 Å². The molecule has 0 aliphatic rings. The van der Waals surface area contributed by atoms with Crippen LogP contribution in [0.25, 0.3) is 0 Å². The van der Waals surface area contributed by atoms with Crippen LogP contribution in [-0.2, 0) is 11.2 Å². The zero-order chi connectivity index (χ0) is 13.5. The SMILES string of the molecule is CC(O)C(NC(=O)NCCc1ccsc1)C(=O)O. The molecule has 100 valence electrons. The number of aliphatic hydroxyl groups excluding tert-OH is 1. The van der Waals surface area contributed by atoms with Crippen molar-refractivity contribution in [3.8, 4) is 0 Å². The average Bonchev–Trinajstić information content (AvgIpc) is 2.78. The van der Waals surface area contributed by atoms with Crippen molar-refractivity contribution >= 4 is 23.3 Å². The first-order valence-electron chi connectivity index (χ1n) is 5.47. The number of carbonyl (C=O) groups is 2. The molecule has 0 aliphatic heterocycles. The van der Waals surface area contributed by atoms with Crippen LogP contribution in [0.15, 0.2) is 16.8 Å². The van der Waals surface area contributed by atoms with Gasteiger partial charge in [-0.25, -0.2) is 9.59 Å². The minimum Gasteiger partial charge on any atom is -0.480 e. The van der Waals surface area contributed by atoms with Gasteiger partial charge in [0.1, 0.15) is 0 Å². The van der Waals surface area contributed by atoms with Crippen LogP contribution in [0.4, 0.5) is 4.79 Å². The number of amides is 2. The largest absolute Gasteiger partial charge is 0.480 e. The zero-order valence-corrected chi connectivity index (χ0v) is 10.7. The lowest BCUT2D eigenvalue weighted by Gasteiger charge is -2.17. The van der Waals surface area contributed by atoms with Gasteiger partial charge in [-0.3, -0.25) is 0 Å². The summed E-state index contributed by atoms with van der Waals surface area (Å²) in [6.45, 7) is 1.72. The van der Waals surface area contributed by atoms with E-state index in [2.05, 4.69) is 10.6 Å². The summed E-state index contributed by atoms with van der Waals surface area (Å²) in [7, 11) is 0. The molecule has 1 aromatic heterocycles.